The van der Waals surface area contributed by atoms with Crippen LogP contribution in [0.5, 0.6) is 0 Å². The zero-order chi connectivity index (χ0) is 14.9. The topological polar surface area (TPSA) is 78.9 Å². The molecule has 1 aliphatic carbocycles. The first-order valence-corrected chi connectivity index (χ1v) is 8.02. The van der Waals surface area contributed by atoms with Crippen LogP contribution in [0.2, 0.25) is 0 Å². The van der Waals surface area contributed by atoms with Crippen LogP contribution in [0, 0.1) is 10.8 Å². The molecule has 2 heterocycles. The fraction of sp³-hybridized carbons (Fsp3) is 0.688. The summed E-state index contributed by atoms with van der Waals surface area (Å²) < 4.78 is 0. The predicted octanol–water partition coefficient (Wildman–Crippen LogP) is 2.29. The molecule has 0 amide bonds. The maximum Gasteiger partial charge on any atom is 0.135 e. The Hall–Kier alpha value is -1.65. The number of hydrogen-bond donors (Lipinski definition) is 2. The molecule has 5 nitrogen and oxygen atoms in total. The van der Waals surface area contributed by atoms with E-state index in [2.05, 4.69) is 21.8 Å². The molecule has 1 aliphatic heterocycles. The Balaban J connectivity index is 1.81. The fourth-order valence-corrected chi connectivity index (χ4v) is 3.43. The molecule has 0 saturated carbocycles. The number of rotatable bonds is 2. The Morgan fingerprint density at radius 1 is 1.19 bits per heavy atom. The van der Waals surface area contributed by atoms with Crippen molar-refractivity contribution in [2.45, 2.75) is 51.9 Å². The van der Waals surface area contributed by atoms with Gasteiger partial charge in [-0.2, -0.15) is 0 Å². The minimum Gasteiger partial charge on any atom is -0.387 e. The molecule has 0 bridgehead atoms. The van der Waals surface area contributed by atoms with E-state index in [1.807, 2.05) is 0 Å². The number of nitrogens with one attached hydrogen (secondary N) is 1. The summed E-state index contributed by atoms with van der Waals surface area (Å²) >= 11 is 0. The lowest BCUT2D eigenvalue weighted by Gasteiger charge is -2.39. The van der Waals surface area contributed by atoms with Crippen molar-refractivity contribution in [3.8, 4) is 0 Å². The zero-order valence-electron chi connectivity index (χ0n) is 12.9. The van der Waals surface area contributed by atoms with Gasteiger partial charge in [0.2, 0.25) is 0 Å². The van der Waals surface area contributed by atoms with Gasteiger partial charge in [0.25, 0.3) is 0 Å². The highest BCUT2D eigenvalue weighted by Crippen LogP contribution is 2.34. The van der Waals surface area contributed by atoms with Gasteiger partial charge >= 0.3 is 0 Å². The third-order valence-electron chi connectivity index (χ3n) is 5.17. The van der Waals surface area contributed by atoms with E-state index in [-0.39, 0.29) is 5.41 Å². The van der Waals surface area contributed by atoms with Gasteiger partial charge in [-0.05, 0) is 38.5 Å². The summed E-state index contributed by atoms with van der Waals surface area (Å²) in [5.74, 6) is 1.45. The molecular weight excluding hydrogens is 262 g/mol. The Morgan fingerprint density at radius 2 is 1.90 bits per heavy atom. The highest BCUT2D eigenvalue weighted by Gasteiger charge is 2.34. The van der Waals surface area contributed by atoms with Crippen molar-refractivity contribution in [3.05, 3.63) is 17.6 Å². The quantitative estimate of drug-likeness (QED) is 0.497. The largest absolute Gasteiger partial charge is 0.387 e. The monoisotopic (exact) mass is 287 g/mol. The molecule has 114 valence electrons. The van der Waals surface area contributed by atoms with Crippen LogP contribution in [0.4, 0.5) is 5.82 Å². The predicted molar refractivity (Wildman–Crippen MR) is 84.8 cm³/mol. The van der Waals surface area contributed by atoms with E-state index in [9.17, 15) is 0 Å². The first kappa shape index (κ1) is 14.3. The van der Waals surface area contributed by atoms with E-state index in [1.165, 1.54) is 30.5 Å². The average Bonchev–Trinajstić information content (AvgIpc) is 2.73. The summed E-state index contributed by atoms with van der Waals surface area (Å²) in [7, 11) is 0. The summed E-state index contributed by atoms with van der Waals surface area (Å²) in [4.78, 5) is 11.5. The average molecular weight is 287 g/mol. The first-order chi connectivity index (χ1) is 10.1. The molecule has 3 N–H and O–H groups in total. The van der Waals surface area contributed by atoms with E-state index in [0.29, 0.717) is 5.84 Å². The van der Waals surface area contributed by atoms with Gasteiger partial charge in [-0.25, -0.2) is 9.97 Å². The molecule has 1 aromatic rings. The Bertz CT molecular complexity index is 531. The van der Waals surface area contributed by atoms with Crippen LogP contribution in [0.25, 0.3) is 0 Å². The van der Waals surface area contributed by atoms with E-state index < -0.39 is 0 Å². The van der Waals surface area contributed by atoms with Crippen LogP contribution < -0.4 is 10.6 Å². The molecule has 5 heteroatoms. The lowest BCUT2D eigenvalue weighted by molar-refractivity contribution is 0.349. The normalized spacial score (nSPS) is 21.5. The molecule has 1 fully saturated rings. The minimum absolute atomic E-state index is 0.138. The van der Waals surface area contributed by atoms with Crippen LogP contribution in [-0.2, 0) is 12.8 Å². The molecule has 3 rings (SSSR count). The maximum atomic E-state index is 7.77. The number of fused-ring (bicyclic) bond motifs is 1. The number of amidine groups is 1. The third-order valence-corrected chi connectivity index (χ3v) is 5.17. The second-order valence-electron chi connectivity index (χ2n) is 6.64. The number of aryl methyl sites for hydroxylation is 1. The molecule has 21 heavy (non-hydrogen) atoms. The number of anilines is 1. The van der Waals surface area contributed by atoms with Crippen LogP contribution in [-0.4, -0.2) is 28.9 Å². The molecule has 0 spiro atoms. The van der Waals surface area contributed by atoms with Crippen LogP contribution >= 0.6 is 0 Å². The lowest BCUT2D eigenvalue weighted by Crippen LogP contribution is -2.45. The maximum absolute atomic E-state index is 7.77. The second-order valence-corrected chi connectivity index (χ2v) is 6.64. The molecule has 1 saturated heterocycles. The third kappa shape index (κ3) is 2.74. The Labute approximate surface area is 126 Å². The first-order valence-electron chi connectivity index (χ1n) is 8.02. The molecule has 0 unspecified atom stereocenters. The molecular formula is C16H25N5. The zero-order valence-corrected chi connectivity index (χ0v) is 12.9. The highest BCUT2D eigenvalue weighted by molar-refractivity contribution is 5.83. The fourth-order valence-electron chi connectivity index (χ4n) is 3.43. The number of aromatic nitrogens is 2. The lowest BCUT2D eigenvalue weighted by atomic mass is 9.79. The van der Waals surface area contributed by atoms with Crippen molar-refractivity contribution >= 4 is 11.7 Å². The summed E-state index contributed by atoms with van der Waals surface area (Å²) in [6.45, 7) is 3.96. The van der Waals surface area contributed by atoms with Crippen molar-refractivity contribution in [1.82, 2.24) is 9.97 Å². The molecule has 0 atom stereocenters. The standard InChI is InChI=1S/C16H25N5/c1-16(15(17)18)7-9-21(10-8-16)14-12-5-3-2-4-6-13(12)19-11-20-14/h11H,2-10H2,1H3,(H3,17,18). The second kappa shape index (κ2) is 5.62. The van der Waals surface area contributed by atoms with Gasteiger partial charge in [-0.15, -0.1) is 0 Å². The Morgan fingerprint density at radius 3 is 2.62 bits per heavy atom. The van der Waals surface area contributed by atoms with E-state index >= 15 is 0 Å². The number of nitrogens with zero attached hydrogens (tertiary/aromatic N) is 3. The van der Waals surface area contributed by atoms with Crippen molar-refractivity contribution in [1.29, 1.82) is 5.41 Å². The summed E-state index contributed by atoms with van der Waals surface area (Å²) in [5, 5.41) is 7.77. The summed E-state index contributed by atoms with van der Waals surface area (Å²) in [6, 6.07) is 0. The number of nitrogens with two attached hydrogens (primary N) is 1. The van der Waals surface area contributed by atoms with Gasteiger partial charge in [-0.3, -0.25) is 5.41 Å². The molecule has 0 radical (unpaired) electrons. The summed E-state index contributed by atoms with van der Waals surface area (Å²) in [5.41, 5.74) is 8.23. The van der Waals surface area contributed by atoms with E-state index in [1.54, 1.807) is 6.33 Å². The molecule has 1 aromatic heterocycles. The highest BCUT2D eigenvalue weighted by atomic mass is 15.2. The van der Waals surface area contributed by atoms with Crippen molar-refractivity contribution in [3.63, 3.8) is 0 Å². The van der Waals surface area contributed by atoms with Gasteiger partial charge in [-0.1, -0.05) is 13.3 Å². The smallest absolute Gasteiger partial charge is 0.135 e. The summed E-state index contributed by atoms with van der Waals surface area (Å²) in [6.07, 6.45) is 9.55. The van der Waals surface area contributed by atoms with Gasteiger partial charge in [0.05, 0.1) is 5.84 Å². The van der Waals surface area contributed by atoms with Gasteiger partial charge < -0.3 is 10.6 Å². The minimum atomic E-state index is -0.138. The molecule has 0 aromatic carbocycles. The van der Waals surface area contributed by atoms with Crippen LogP contribution in [0.3, 0.4) is 0 Å². The van der Waals surface area contributed by atoms with Gasteiger partial charge in [0.1, 0.15) is 12.1 Å². The number of hydrogen-bond acceptors (Lipinski definition) is 4. The molecule has 2 aliphatic rings. The van der Waals surface area contributed by atoms with Crippen molar-refractivity contribution in [2.24, 2.45) is 11.1 Å². The SMILES string of the molecule is CC1(C(=N)N)CCN(c2ncnc3c2CCCCC3)CC1. The number of piperidine rings is 1. The Kier molecular flexibility index (Phi) is 3.83. The van der Waals surface area contributed by atoms with Gasteiger partial charge in [0.15, 0.2) is 0 Å². The van der Waals surface area contributed by atoms with Crippen LogP contribution in [0.15, 0.2) is 6.33 Å². The van der Waals surface area contributed by atoms with Gasteiger partial charge in [0, 0.05) is 29.8 Å². The van der Waals surface area contributed by atoms with Crippen molar-refractivity contribution < 1.29 is 0 Å². The van der Waals surface area contributed by atoms with E-state index in [0.717, 1.165) is 44.6 Å². The van der Waals surface area contributed by atoms with Crippen LogP contribution in [0.1, 0.15) is 50.3 Å². The van der Waals surface area contributed by atoms with Crippen molar-refractivity contribution in [2.75, 3.05) is 18.0 Å². The van der Waals surface area contributed by atoms with E-state index in [4.69, 9.17) is 11.1 Å².